The fourth-order valence-electron chi connectivity index (χ4n) is 2.37. The van der Waals surface area contributed by atoms with Crippen LogP contribution >= 0.6 is 23.2 Å². The van der Waals surface area contributed by atoms with Crippen molar-refractivity contribution in [2.75, 3.05) is 21.3 Å². The van der Waals surface area contributed by atoms with Gasteiger partial charge in [-0.05, 0) is 29.8 Å². The predicted octanol–water partition coefficient (Wildman–Crippen LogP) is 4.70. The molecule has 0 bridgehead atoms. The van der Waals surface area contributed by atoms with E-state index < -0.39 is 5.97 Å². The number of carboxylic acid groups (broad SMARTS) is 1. The third kappa shape index (κ3) is 4.99. The van der Waals surface area contributed by atoms with Crippen LogP contribution in [0.1, 0.15) is 11.1 Å². The van der Waals surface area contributed by atoms with Gasteiger partial charge in [0.2, 0.25) is 11.5 Å². The van der Waals surface area contributed by atoms with E-state index in [0.717, 1.165) is 11.6 Å². The first-order valence-corrected chi connectivity index (χ1v) is 8.47. The maximum absolute atomic E-state index is 10.8. The van der Waals surface area contributed by atoms with Crippen molar-refractivity contribution in [3.63, 3.8) is 0 Å². The Morgan fingerprint density at radius 2 is 1.70 bits per heavy atom. The number of halogens is 2. The minimum Gasteiger partial charge on any atom is -0.493 e. The van der Waals surface area contributed by atoms with Gasteiger partial charge in [0, 0.05) is 11.6 Å². The number of ether oxygens (including phenoxy) is 4. The Morgan fingerprint density at radius 3 is 2.26 bits per heavy atom. The highest BCUT2D eigenvalue weighted by Crippen LogP contribution is 2.47. The van der Waals surface area contributed by atoms with Crippen LogP contribution in [-0.4, -0.2) is 32.4 Å². The van der Waals surface area contributed by atoms with E-state index in [-0.39, 0.29) is 12.4 Å². The Hall–Kier alpha value is -2.57. The van der Waals surface area contributed by atoms with Gasteiger partial charge < -0.3 is 24.1 Å². The summed E-state index contributed by atoms with van der Waals surface area (Å²) in [5.74, 6) is 0.185. The lowest BCUT2D eigenvalue weighted by Crippen LogP contribution is -2.03. The molecule has 0 saturated carbocycles. The fraction of sp³-hybridized carbons (Fsp3) is 0.211. The van der Waals surface area contributed by atoms with Gasteiger partial charge in [-0.2, -0.15) is 0 Å². The summed E-state index contributed by atoms with van der Waals surface area (Å²) in [5, 5.41) is 9.73. The van der Waals surface area contributed by atoms with E-state index in [4.69, 9.17) is 47.3 Å². The number of rotatable bonds is 8. The first kappa shape index (κ1) is 20.7. The van der Waals surface area contributed by atoms with Crippen LogP contribution in [0.15, 0.2) is 30.3 Å². The van der Waals surface area contributed by atoms with Crippen LogP contribution in [0.25, 0.3) is 6.08 Å². The molecule has 144 valence electrons. The second-order valence-electron chi connectivity index (χ2n) is 5.27. The van der Waals surface area contributed by atoms with Crippen molar-refractivity contribution in [3.05, 3.63) is 51.5 Å². The summed E-state index contributed by atoms with van der Waals surface area (Å²) in [7, 11) is 4.37. The number of carboxylic acids is 1. The minimum absolute atomic E-state index is 0.178. The maximum atomic E-state index is 10.8. The molecule has 0 radical (unpaired) electrons. The zero-order chi connectivity index (χ0) is 20.0. The second kappa shape index (κ2) is 9.39. The van der Waals surface area contributed by atoms with Crippen molar-refractivity contribution in [1.29, 1.82) is 0 Å². The molecule has 1 N–H and O–H groups in total. The van der Waals surface area contributed by atoms with Gasteiger partial charge in [-0.1, -0.05) is 29.3 Å². The molecule has 0 aromatic heterocycles. The van der Waals surface area contributed by atoms with Crippen molar-refractivity contribution >= 4 is 35.2 Å². The van der Waals surface area contributed by atoms with E-state index in [9.17, 15) is 4.79 Å². The molecule has 0 fully saturated rings. The minimum atomic E-state index is -1.09. The fourth-order valence-corrected chi connectivity index (χ4v) is 2.69. The Kier molecular flexibility index (Phi) is 7.21. The van der Waals surface area contributed by atoms with Crippen LogP contribution in [0.4, 0.5) is 0 Å². The summed E-state index contributed by atoms with van der Waals surface area (Å²) < 4.78 is 22.1. The van der Waals surface area contributed by atoms with Gasteiger partial charge in [-0.25, -0.2) is 4.79 Å². The van der Waals surface area contributed by atoms with E-state index in [1.54, 1.807) is 24.3 Å². The molecule has 0 aliphatic carbocycles. The molecule has 0 aliphatic rings. The van der Waals surface area contributed by atoms with Crippen molar-refractivity contribution in [1.82, 2.24) is 0 Å². The molecule has 0 spiro atoms. The predicted molar refractivity (Wildman–Crippen MR) is 104 cm³/mol. The molecular formula is C19H18Cl2O6. The molecule has 0 atom stereocenters. The van der Waals surface area contributed by atoms with Crippen LogP contribution in [0.3, 0.4) is 0 Å². The molecule has 2 aromatic carbocycles. The number of hydrogen-bond donors (Lipinski definition) is 1. The quantitative estimate of drug-likeness (QED) is 0.633. The second-order valence-corrected chi connectivity index (χ2v) is 6.09. The molecule has 8 heteroatoms. The zero-order valence-electron chi connectivity index (χ0n) is 14.9. The van der Waals surface area contributed by atoms with Crippen molar-refractivity contribution in [3.8, 4) is 23.0 Å². The van der Waals surface area contributed by atoms with Gasteiger partial charge >= 0.3 is 5.97 Å². The van der Waals surface area contributed by atoms with Crippen molar-refractivity contribution < 1.29 is 28.8 Å². The highest BCUT2D eigenvalue weighted by atomic mass is 35.5. The molecule has 0 aliphatic heterocycles. The smallest absolute Gasteiger partial charge is 0.328 e. The number of carbonyl (C=O) groups is 1. The summed E-state index contributed by atoms with van der Waals surface area (Å²) in [6.07, 6.45) is 2.38. The standard InChI is InChI=1S/C19H18Cl2O6/c1-24-15-9-12(5-7-16(22)23)17(25-2)19(26-3)18(15)27-10-11-4-6-13(20)14(21)8-11/h4-9H,10H2,1-3H3,(H,22,23). The number of aliphatic carboxylic acids is 1. The lowest BCUT2D eigenvalue weighted by atomic mass is 10.1. The van der Waals surface area contributed by atoms with Gasteiger partial charge in [0.25, 0.3) is 0 Å². The summed E-state index contributed by atoms with van der Waals surface area (Å²) >= 11 is 12.0. The molecule has 2 rings (SSSR count). The van der Waals surface area contributed by atoms with Crippen molar-refractivity contribution in [2.45, 2.75) is 6.61 Å². The summed E-state index contributed by atoms with van der Waals surface area (Å²) in [6.45, 7) is 0.178. The number of methoxy groups -OCH3 is 3. The monoisotopic (exact) mass is 412 g/mol. The van der Waals surface area contributed by atoms with E-state index >= 15 is 0 Å². The van der Waals surface area contributed by atoms with Gasteiger partial charge in [0.1, 0.15) is 6.61 Å². The largest absolute Gasteiger partial charge is 0.493 e. The van der Waals surface area contributed by atoms with Crippen LogP contribution in [0, 0.1) is 0 Å². The third-order valence-corrected chi connectivity index (χ3v) is 4.32. The van der Waals surface area contributed by atoms with Crippen LogP contribution in [0.5, 0.6) is 23.0 Å². The molecule has 0 unspecified atom stereocenters. The van der Waals surface area contributed by atoms with Crippen molar-refractivity contribution in [2.24, 2.45) is 0 Å². The molecular weight excluding hydrogens is 395 g/mol. The molecule has 2 aromatic rings. The average molecular weight is 413 g/mol. The zero-order valence-corrected chi connectivity index (χ0v) is 16.4. The van der Waals surface area contributed by atoms with Gasteiger partial charge in [-0.15, -0.1) is 0 Å². The molecule has 0 saturated heterocycles. The highest BCUT2D eigenvalue weighted by molar-refractivity contribution is 6.42. The van der Waals surface area contributed by atoms with E-state index in [0.29, 0.717) is 32.9 Å². The lowest BCUT2D eigenvalue weighted by Gasteiger charge is -2.19. The van der Waals surface area contributed by atoms with Gasteiger partial charge in [0.15, 0.2) is 11.5 Å². The summed E-state index contributed by atoms with van der Waals surface area (Å²) in [6, 6.07) is 6.76. The SMILES string of the molecule is COc1cc(C=CC(=O)O)c(OC)c(OC)c1OCc1ccc(Cl)c(Cl)c1. The first-order chi connectivity index (χ1) is 12.9. The highest BCUT2D eigenvalue weighted by Gasteiger charge is 2.21. The van der Waals surface area contributed by atoms with E-state index in [1.807, 2.05) is 0 Å². The number of hydrogen-bond acceptors (Lipinski definition) is 5. The summed E-state index contributed by atoms with van der Waals surface area (Å²) in [5.41, 5.74) is 1.26. The van der Waals surface area contributed by atoms with E-state index in [2.05, 4.69) is 0 Å². The lowest BCUT2D eigenvalue weighted by molar-refractivity contribution is -0.131. The Bertz CT molecular complexity index is 864. The van der Waals surface area contributed by atoms with Crippen LogP contribution in [0.2, 0.25) is 10.0 Å². The maximum Gasteiger partial charge on any atom is 0.328 e. The molecule has 0 heterocycles. The molecule has 0 amide bonds. The molecule has 6 nitrogen and oxygen atoms in total. The normalized spacial score (nSPS) is 10.7. The first-order valence-electron chi connectivity index (χ1n) is 7.72. The Balaban J connectivity index is 2.44. The Morgan fingerprint density at radius 1 is 1.00 bits per heavy atom. The van der Waals surface area contributed by atoms with Gasteiger partial charge in [0.05, 0.1) is 31.4 Å². The summed E-state index contributed by atoms with van der Waals surface area (Å²) in [4.78, 5) is 10.8. The van der Waals surface area contributed by atoms with Crippen LogP contribution < -0.4 is 18.9 Å². The average Bonchev–Trinajstić information content (AvgIpc) is 2.66. The molecule has 27 heavy (non-hydrogen) atoms. The van der Waals surface area contributed by atoms with E-state index in [1.165, 1.54) is 27.4 Å². The third-order valence-electron chi connectivity index (χ3n) is 3.59. The topological polar surface area (TPSA) is 74.2 Å². The Labute approximate surface area is 166 Å². The van der Waals surface area contributed by atoms with Gasteiger partial charge in [-0.3, -0.25) is 0 Å². The number of benzene rings is 2. The van der Waals surface area contributed by atoms with Crippen LogP contribution in [-0.2, 0) is 11.4 Å².